The first-order valence-electron chi connectivity index (χ1n) is 12.6. The van der Waals surface area contributed by atoms with Crippen molar-refractivity contribution in [3.63, 3.8) is 0 Å². The summed E-state index contributed by atoms with van der Waals surface area (Å²) in [5, 5.41) is 18.8. The molecule has 2 fully saturated rings. The van der Waals surface area contributed by atoms with Crippen molar-refractivity contribution in [3.05, 3.63) is 34.9 Å². The maximum Gasteiger partial charge on any atom is 0.410 e. The normalized spacial score (nSPS) is 19.6. The standard InChI is InChI=1S/C12H18N4O4.C12H20N4O2/c1-12(2,3)20-11(17)14-5-4-9(7-14)15-8-10(6-13-15)16(18)19;1-12(2,3)18-11(17)15-5-4-10(8-15)16-7-9(13)6-14-16/h6,8-9H,4-5,7H2,1-3H3;6-7,10H,4-5,8,13H2,1-3H3/t9-;10-/m11/s1. The minimum absolute atomic E-state index is 0.0410. The van der Waals surface area contributed by atoms with Crippen LogP contribution >= 0.6 is 0 Å². The lowest BCUT2D eigenvalue weighted by Crippen LogP contribution is -2.35. The average molecular weight is 535 g/mol. The van der Waals surface area contributed by atoms with Gasteiger partial charge in [0.15, 0.2) is 0 Å². The van der Waals surface area contributed by atoms with Crippen molar-refractivity contribution in [1.29, 1.82) is 0 Å². The number of nitro groups is 1. The third kappa shape index (κ3) is 8.08. The highest BCUT2D eigenvalue weighted by Gasteiger charge is 2.32. The number of amides is 2. The second kappa shape index (κ2) is 11.3. The Kier molecular flexibility index (Phi) is 8.52. The third-order valence-electron chi connectivity index (χ3n) is 5.80. The van der Waals surface area contributed by atoms with Crippen molar-refractivity contribution in [2.75, 3.05) is 31.9 Å². The van der Waals surface area contributed by atoms with Crippen molar-refractivity contribution in [2.45, 2.75) is 77.7 Å². The lowest BCUT2D eigenvalue weighted by molar-refractivity contribution is -0.385. The smallest absolute Gasteiger partial charge is 0.410 e. The lowest BCUT2D eigenvalue weighted by Gasteiger charge is -2.24. The van der Waals surface area contributed by atoms with Crippen molar-refractivity contribution < 1.29 is 24.0 Å². The van der Waals surface area contributed by atoms with Crippen LogP contribution in [0, 0.1) is 10.1 Å². The van der Waals surface area contributed by atoms with E-state index in [-0.39, 0.29) is 30.0 Å². The number of carbonyl (C=O) groups is 2. The maximum atomic E-state index is 11.9. The maximum absolute atomic E-state index is 11.9. The van der Waals surface area contributed by atoms with Gasteiger partial charge in [0, 0.05) is 32.4 Å². The number of nitrogens with two attached hydrogens (primary N) is 1. The van der Waals surface area contributed by atoms with E-state index in [1.807, 2.05) is 46.2 Å². The molecule has 2 amide bonds. The van der Waals surface area contributed by atoms with Crippen LogP contribution in [-0.4, -0.2) is 83.9 Å². The van der Waals surface area contributed by atoms with Crippen molar-refractivity contribution in [2.24, 2.45) is 0 Å². The molecule has 0 spiro atoms. The number of rotatable bonds is 3. The molecule has 2 saturated heterocycles. The molecule has 210 valence electrons. The second-order valence-electron chi connectivity index (χ2n) is 11.4. The quantitative estimate of drug-likeness (QED) is 0.457. The number of hydrogen-bond donors (Lipinski definition) is 1. The topological polar surface area (TPSA) is 164 Å². The van der Waals surface area contributed by atoms with Gasteiger partial charge < -0.3 is 25.0 Å². The van der Waals surface area contributed by atoms with Gasteiger partial charge in [-0.15, -0.1) is 0 Å². The molecule has 2 aliphatic heterocycles. The van der Waals surface area contributed by atoms with Crippen molar-refractivity contribution in [1.82, 2.24) is 29.4 Å². The molecule has 0 unspecified atom stereocenters. The first kappa shape index (κ1) is 28.7. The Morgan fingerprint density at radius 2 is 1.34 bits per heavy atom. The van der Waals surface area contributed by atoms with Crippen LogP contribution in [-0.2, 0) is 9.47 Å². The van der Waals surface area contributed by atoms with Crippen LogP contribution < -0.4 is 5.73 Å². The van der Waals surface area contributed by atoms with Gasteiger partial charge in [-0.25, -0.2) is 9.59 Å². The van der Waals surface area contributed by atoms with Gasteiger partial charge in [0.1, 0.15) is 23.6 Å². The van der Waals surface area contributed by atoms with Gasteiger partial charge in [-0.2, -0.15) is 10.2 Å². The van der Waals surface area contributed by atoms with Gasteiger partial charge >= 0.3 is 17.9 Å². The molecule has 2 aromatic heterocycles. The highest BCUT2D eigenvalue weighted by atomic mass is 16.6. The Morgan fingerprint density at radius 3 is 1.71 bits per heavy atom. The summed E-state index contributed by atoms with van der Waals surface area (Å²) < 4.78 is 14.0. The number of ether oxygens (including phenoxy) is 2. The minimum Gasteiger partial charge on any atom is -0.444 e. The highest BCUT2D eigenvalue weighted by molar-refractivity contribution is 5.69. The SMILES string of the molecule is CC(C)(C)OC(=O)N1CC[C@@H](n2cc(N)cn2)C1.CC(C)(C)OC(=O)N1CC[C@@H](n2cc([N+](=O)[O-])cn2)C1. The predicted molar refractivity (Wildman–Crippen MR) is 138 cm³/mol. The fraction of sp³-hybridized carbons (Fsp3) is 0.667. The first-order chi connectivity index (χ1) is 17.6. The number of aromatic nitrogens is 4. The zero-order chi connectivity index (χ0) is 28.3. The lowest BCUT2D eigenvalue weighted by atomic mass is 10.2. The van der Waals surface area contributed by atoms with E-state index in [4.69, 9.17) is 15.2 Å². The summed E-state index contributed by atoms with van der Waals surface area (Å²) in [5.41, 5.74) is 5.26. The van der Waals surface area contributed by atoms with Crippen molar-refractivity contribution in [3.8, 4) is 0 Å². The van der Waals surface area contributed by atoms with E-state index in [1.54, 1.807) is 26.9 Å². The summed E-state index contributed by atoms with van der Waals surface area (Å²) in [4.78, 5) is 37.3. The molecule has 4 rings (SSSR count). The Balaban J connectivity index is 0.000000212. The van der Waals surface area contributed by atoms with Gasteiger partial charge in [0.05, 0.1) is 28.9 Å². The van der Waals surface area contributed by atoms with E-state index >= 15 is 0 Å². The molecule has 4 heterocycles. The molecule has 2 N–H and O–H groups in total. The summed E-state index contributed by atoms with van der Waals surface area (Å²) in [6.45, 7) is 13.4. The number of likely N-dealkylation sites (tertiary alicyclic amines) is 2. The predicted octanol–water partition coefficient (Wildman–Crippen LogP) is 3.62. The van der Waals surface area contributed by atoms with E-state index in [0.29, 0.717) is 38.3 Å². The number of nitrogen functional groups attached to an aromatic ring is 1. The van der Waals surface area contributed by atoms with Gasteiger partial charge in [-0.05, 0) is 54.4 Å². The Bertz CT molecular complexity index is 1130. The summed E-state index contributed by atoms with van der Waals surface area (Å²) in [5.74, 6) is 0. The Labute approximate surface area is 221 Å². The minimum atomic E-state index is -0.528. The van der Waals surface area contributed by atoms with E-state index in [2.05, 4.69) is 10.2 Å². The fourth-order valence-corrected chi connectivity index (χ4v) is 4.07. The molecule has 2 aliphatic rings. The van der Waals surface area contributed by atoms with Gasteiger partial charge in [-0.3, -0.25) is 19.5 Å². The monoisotopic (exact) mass is 534 g/mol. The van der Waals surface area contributed by atoms with Crippen LogP contribution in [0.4, 0.5) is 21.0 Å². The summed E-state index contributed by atoms with van der Waals surface area (Å²) in [6, 6.07) is 0.144. The van der Waals surface area contributed by atoms with Crippen LogP contribution in [0.5, 0.6) is 0 Å². The summed E-state index contributed by atoms with van der Waals surface area (Å²) >= 11 is 0. The fourth-order valence-electron chi connectivity index (χ4n) is 4.07. The zero-order valence-corrected chi connectivity index (χ0v) is 22.9. The van der Waals surface area contributed by atoms with E-state index in [0.717, 1.165) is 6.42 Å². The van der Waals surface area contributed by atoms with Gasteiger partial charge in [0.25, 0.3) is 0 Å². The number of nitrogens with zero attached hydrogens (tertiary/aromatic N) is 7. The van der Waals surface area contributed by atoms with Gasteiger partial charge in [0.2, 0.25) is 0 Å². The molecule has 0 radical (unpaired) electrons. The van der Waals surface area contributed by atoms with Crippen LogP contribution in [0.2, 0.25) is 0 Å². The molecule has 38 heavy (non-hydrogen) atoms. The zero-order valence-electron chi connectivity index (χ0n) is 22.9. The molecule has 2 aromatic rings. The number of anilines is 1. The third-order valence-corrected chi connectivity index (χ3v) is 5.80. The van der Waals surface area contributed by atoms with E-state index < -0.39 is 16.1 Å². The number of carbonyl (C=O) groups excluding carboxylic acids is 2. The molecule has 0 saturated carbocycles. The molecule has 0 bridgehead atoms. The molecular weight excluding hydrogens is 496 g/mol. The summed E-state index contributed by atoms with van der Waals surface area (Å²) in [6.07, 6.45) is 6.99. The molecule has 14 heteroatoms. The van der Waals surface area contributed by atoms with E-state index in [1.165, 1.54) is 12.4 Å². The molecule has 0 aliphatic carbocycles. The first-order valence-corrected chi connectivity index (χ1v) is 12.6. The van der Waals surface area contributed by atoms with Crippen LogP contribution in [0.3, 0.4) is 0 Å². The number of hydrogen-bond acceptors (Lipinski definition) is 9. The van der Waals surface area contributed by atoms with E-state index in [9.17, 15) is 19.7 Å². The molecule has 2 atom stereocenters. The molecule has 14 nitrogen and oxygen atoms in total. The molecular formula is C24H38N8O6. The Hall–Kier alpha value is -3.84. The van der Waals surface area contributed by atoms with Crippen LogP contribution in [0.15, 0.2) is 24.8 Å². The average Bonchev–Trinajstić information content (AvgIpc) is 3.57. The van der Waals surface area contributed by atoms with Gasteiger partial charge in [-0.1, -0.05) is 0 Å². The Morgan fingerprint density at radius 1 is 0.895 bits per heavy atom. The van der Waals surface area contributed by atoms with Crippen LogP contribution in [0.1, 0.15) is 66.5 Å². The summed E-state index contributed by atoms with van der Waals surface area (Å²) in [7, 11) is 0. The highest BCUT2D eigenvalue weighted by Crippen LogP contribution is 2.25. The van der Waals surface area contributed by atoms with Crippen molar-refractivity contribution >= 4 is 23.6 Å². The second-order valence-corrected chi connectivity index (χ2v) is 11.4. The molecule has 0 aromatic carbocycles. The van der Waals surface area contributed by atoms with Crippen LogP contribution in [0.25, 0.3) is 0 Å². The largest absolute Gasteiger partial charge is 0.444 e.